The van der Waals surface area contributed by atoms with Gasteiger partial charge in [0.05, 0.1) is 44.5 Å². The van der Waals surface area contributed by atoms with Crippen LogP contribution >= 0.6 is 0 Å². The Morgan fingerprint density at radius 2 is 0.568 bits per heavy atom. The molecule has 0 atom stereocenters. The van der Waals surface area contributed by atoms with Crippen molar-refractivity contribution in [2.24, 2.45) is 0 Å². The minimum Gasteiger partial charge on any atom is -0.310 e. The van der Waals surface area contributed by atoms with Crippen LogP contribution in [0.5, 0.6) is 0 Å². The fraction of sp³-hybridized carbons (Fsp3) is 0. The molecule has 0 N–H and O–H groups in total. The van der Waals surface area contributed by atoms with Gasteiger partial charge in [0.15, 0.2) is 0 Å². The Kier molecular flexibility index (Phi) is 9.12. The summed E-state index contributed by atoms with van der Waals surface area (Å²) in [6.07, 6.45) is 0. The van der Waals surface area contributed by atoms with E-state index in [-0.39, 0.29) is 6.71 Å². The van der Waals surface area contributed by atoms with Gasteiger partial charge in [0.2, 0.25) is 0 Å². The number of aromatic nitrogens is 3. The largest absolute Gasteiger partial charge is 0.310 e. The molecular formula is C84H48BN3. The SMILES string of the molecule is c1ccc(-c2ccc3c(ccc4c3c3c5ccc(-c6ccccc6)cc5cc5c3n4-c3ccc(-n4c6ccc7ccccc7c6c6c7ccccc7ccc64)c4c3B5c3cc5cc(-c6ccccc6)ccc5c5c6c7ccccc7ccc6n-4c35)c2)cc1. The lowest BCUT2D eigenvalue weighted by Crippen LogP contribution is -2.59. The summed E-state index contributed by atoms with van der Waals surface area (Å²) in [7, 11) is 0. The highest BCUT2D eigenvalue weighted by molar-refractivity contribution is 7.01. The van der Waals surface area contributed by atoms with Crippen molar-refractivity contribution in [3.63, 3.8) is 0 Å². The van der Waals surface area contributed by atoms with Crippen molar-refractivity contribution in [2.45, 2.75) is 0 Å². The molecule has 21 rings (SSSR count). The van der Waals surface area contributed by atoms with Crippen LogP contribution in [0.15, 0.2) is 291 Å². The number of benzene rings is 16. The van der Waals surface area contributed by atoms with Gasteiger partial charge in [0, 0.05) is 38.0 Å². The van der Waals surface area contributed by atoms with Gasteiger partial charge in [0.1, 0.15) is 0 Å². The number of hydrogen-bond acceptors (Lipinski definition) is 0. The van der Waals surface area contributed by atoms with Crippen molar-refractivity contribution in [1.82, 2.24) is 13.7 Å². The molecule has 402 valence electrons. The molecule has 0 bridgehead atoms. The van der Waals surface area contributed by atoms with Crippen LogP contribution in [0, 0.1) is 0 Å². The van der Waals surface area contributed by atoms with E-state index in [1.54, 1.807) is 0 Å². The van der Waals surface area contributed by atoms with Crippen LogP contribution in [0.25, 0.3) is 180 Å². The van der Waals surface area contributed by atoms with Crippen LogP contribution in [-0.4, -0.2) is 20.4 Å². The van der Waals surface area contributed by atoms with E-state index in [1.165, 1.54) is 191 Å². The lowest BCUT2D eigenvalue weighted by Gasteiger charge is -2.35. The van der Waals surface area contributed by atoms with Gasteiger partial charge in [-0.05, 0) is 169 Å². The van der Waals surface area contributed by atoms with E-state index < -0.39 is 0 Å². The van der Waals surface area contributed by atoms with Gasteiger partial charge in [-0.25, -0.2) is 0 Å². The molecule has 0 spiro atoms. The fourth-order valence-corrected chi connectivity index (χ4v) is 16.7. The van der Waals surface area contributed by atoms with E-state index in [2.05, 4.69) is 305 Å². The first-order valence-corrected chi connectivity index (χ1v) is 30.8. The summed E-state index contributed by atoms with van der Waals surface area (Å²) in [6, 6.07) is 111. The van der Waals surface area contributed by atoms with Crippen LogP contribution in [-0.2, 0) is 0 Å². The highest BCUT2D eigenvalue weighted by Gasteiger charge is 2.44. The second-order valence-corrected chi connectivity index (χ2v) is 24.6. The maximum Gasteiger partial charge on any atom is 0.252 e. The average molecular weight is 1110 g/mol. The fourth-order valence-electron chi connectivity index (χ4n) is 16.7. The van der Waals surface area contributed by atoms with E-state index in [0.717, 1.165) is 5.69 Å². The molecule has 3 nitrogen and oxygen atoms in total. The summed E-state index contributed by atoms with van der Waals surface area (Å²) >= 11 is 0. The zero-order chi connectivity index (χ0) is 57.0. The molecule has 0 unspecified atom stereocenters. The molecule has 2 aliphatic heterocycles. The normalized spacial score (nSPS) is 12.8. The molecule has 0 aliphatic carbocycles. The molecule has 3 aromatic heterocycles. The molecule has 0 fully saturated rings. The second kappa shape index (κ2) is 17.1. The van der Waals surface area contributed by atoms with E-state index >= 15 is 0 Å². The molecule has 0 saturated carbocycles. The predicted molar refractivity (Wildman–Crippen MR) is 375 cm³/mol. The molecule has 4 heteroatoms. The average Bonchev–Trinajstić information content (AvgIpc) is 1.46. The van der Waals surface area contributed by atoms with Gasteiger partial charge in [0.25, 0.3) is 6.71 Å². The zero-order valence-corrected chi connectivity index (χ0v) is 47.6. The van der Waals surface area contributed by atoms with Crippen LogP contribution < -0.4 is 16.4 Å². The summed E-state index contributed by atoms with van der Waals surface area (Å²) in [5.41, 5.74) is 22.2. The standard InChI is InChI=1S/C84H48BN3/c1-4-16-49(17-5-1)55-28-35-64-58(44-55)34-41-71-78(64)79-65-36-29-56(50-18-6-2-7-19-50)45-59(65)47-67-82(79)87(71)73-42-43-74(86-69-38-31-52-22-10-13-25-61(52)75(69)76-62-26-14-11-23-53(62)32-39-70(76)86)84-81(73)85(67)68-48-60-46-57(51-20-8-3-9-21-51)30-37-66(60)80-77-63-27-15-12-24-54(63)33-40-72(77)88(84)83(68)80/h1-48H. The van der Waals surface area contributed by atoms with Crippen LogP contribution in [0.1, 0.15) is 0 Å². The topological polar surface area (TPSA) is 14.8 Å². The van der Waals surface area contributed by atoms with Gasteiger partial charge in [-0.1, -0.05) is 237 Å². The van der Waals surface area contributed by atoms with Gasteiger partial charge in [-0.2, -0.15) is 0 Å². The third kappa shape index (κ3) is 6.08. The third-order valence-electron chi connectivity index (χ3n) is 20.3. The Bertz CT molecular complexity index is 6250. The number of nitrogens with zero attached hydrogens (tertiary/aromatic N) is 3. The molecule has 0 saturated heterocycles. The maximum atomic E-state index is 2.73. The second-order valence-electron chi connectivity index (χ2n) is 24.6. The Labute approximate surface area is 505 Å². The first kappa shape index (κ1) is 46.9. The molecule has 88 heavy (non-hydrogen) atoms. The summed E-state index contributed by atoms with van der Waals surface area (Å²) in [5.74, 6) is 0. The Hall–Kier alpha value is -11.5. The predicted octanol–water partition coefficient (Wildman–Crippen LogP) is 20.0. The van der Waals surface area contributed by atoms with Crippen molar-refractivity contribution in [3.05, 3.63) is 291 Å². The van der Waals surface area contributed by atoms with Gasteiger partial charge in [-0.15, -0.1) is 0 Å². The van der Waals surface area contributed by atoms with Crippen LogP contribution in [0.2, 0.25) is 0 Å². The number of rotatable bonds is 4. The molecular weight excluding hydrogens is 1060 g/mol. The van der Waals surface area contributed by atoms with Crippen molar-refractivity contribution < 1.29 is 0 Å². The quantitative estimate of drug-likeness (QED) is 0.156. The Morgan fingerprint density at radius 3 is 1.05 bits per heavy atom. The van der Waals surface area contributed by atoms with E-state index in [1.807, 2.05) is 0 Å². The van der Waals surface area contributed by atoms with Crippen molar-refractivity contribution in [2.75, 3.05) is 0 Å². The smallest absolute Gasteiger partial charge is 0.252 e. The van der Waals surface area contributed by atoms with E-state index in [4.69, 9.17) is 0 Å². The van der Waals surface area contributed by atoms with E-state index in [0.29, 0.717) is 0 Å². The summed E-state index contributed by atoms with van der Waals surface area (Å²) in [4.78, 5) is 0. The van der Waals surface area contributed by atoms with E-state index in [9.17, 15) is 0 Å². The lowest BCUT2D eigenvalue weighted by molar-refractivity contribution is 1.08. The van der Waals surface area contributed by atoms with Gasteiger partial charge < -0.3 is 13.7 Å². The van der Waals surface area contributed by atoms with Crippen molar-refractivity contribution >= 4 is 153 Å². The summed E-state index contributed by atoms with van der Waals surface area (Å²) in [5, 5.41) is 22.7. The lowest BCUT2D eigenvalue weighted by atomic mass is 9.34. The molecule has 2 aliphatic rings. The highest BCUT2D eigenvalue weighted by Crippen LogP contribution is 2.50. The highest BCUT2D eigenvalue weighted by atomic mass is 15.1. The zero-order valence-electron chi connectivity index (χ0n) is 47.6. The number of hydrogen-bond donors (Lipinski definition) is 0. The first-order chi connectivity index (χ1) is 43.7. The molecule has 0 radical (unpaired) electrons. The van der Waals surface area contributed by atoms with Crippen molar-refractivity contribution in [1.29, 1.82) is 0 Å². The Morgan fingerprint density at radius 1 is 0.216 bits per heavy atom. The molecule has 0 amide bonds. The third-order valence-corrected chi connectivity index (χ3v) is 20.3. The molecule has 5 heterocycles. The van der Waals surface area contributed by atoms with Crippen molar-refractivity contribution in [3.8, 4) is 50.4 Å². The van der Waals surface area contributed by atoms with Crippen LogP contribution in [0.4, 0.5) is 0 Å². The number of fused-ring (bicyclic) bond motifs is 25. The maximum absolute atomic E-state index is 2.73. The van der Waals surface area contributed by atoms with Gasteiger partial charge in [-0.3, -0.25) is 0 Å². The summed E-state index contributed by atoms with van der Waals surface area (Å²) in [6.45, 7) is -0.171. The first-order valence-electron chi connectivity index (χ1n) is 30.8. The summed E-state index contributed by atoms with van der Waals surface area (Å²) < 4.78 is 8.04. The molecule has 16 aromatic carbocycles. The van der Waals surface area contributed by atoms with Gasteiger partial charge >= 0.3 is 0 Å². The van der Waals surface area contributed by atoms with Crippen LogP contribution in [0.3, 0.4) is 0 Å². The Balaban J connectivity index is 0.987. The molecule has 19 aromatic rings. The minimum atomic E-state index is -0.171. The minimum absolute atomic E-state index is 0.171. The monoisotopic (exact) mass is 1110 g/mol.